The maximum atomic E-state index is 11.8. The molecule has 1 aliphatic rings. The molecule has 2 aromatic rings. The highest BCUT2D eigenvalue weighted by Gasteiger charge is 2.22. The van der Waals surface area contributed by atoms with Crippen LogP contribution < -0.4 is 19.5 Å². The first-order valence-electron chi connectivity index (χ1n) is 8.10. The number of hydrogen-bond acceptors (Lipinski definition) is 6. The lowest BCUT2D eigenvalue weighted by atomic mass is 10.2. The summed E-state index contributed by atoms with van der Waals surface area (Å²) in [5.41, 5.74) is 0.698. The fourth-order valence-electron chi connectivity index (χ4n) is 2.39. The van der Waals surface area contributed by atoms with Crippen molar-refractivity contribution >= 4 is 63.5 Å². The van der Waals surface area contributed by atoms with Gasteiger partial charge in [0.2, 0.25) is 0 Å². The number of methoxy groups -OCH3 is 1. The summed E-state index contributed by atoms with van der Waals surface area (Å²) in [5.74, 6) is 1.19. The molecule has 9 heteroatoms. The summed E-state index contributed by atoms with van der Waals surface area (Å²) in [4.78, 5) is 12.3. The molecular formula is C19H15Cl2NO4S2. The van der Waals surface area contributed by atoms with Crippen molar-refractivity contribution in [3.8, 4) is 17.2 Å². The van der Waals surface area contributed by atoms with Gasteiger partial charge in [0, 0.05) is 0 Å². The highest BCUT2D eigenvalue weighted by atomic mass is 35.5. The lowest BCUT2D eigenvalue weighted by Crippen LogP contribution is -2.17. The molecule has 1 saturated heterocycles. The second-order valence-electron chi connectivity index (χ2n) is 5.51. The fourth-order valence-corrected chi connectivity index (χ4v) is 3.90. The van der Waals surface area contributed by atoms with Gasteiger partial charge in [-0.25, -0.2) is 0 Å². The monoisotopic (exact) mass is 455 g/mol. The molecule has 1 heterocycles. The van der Waals surface area contributed by atoms with Crippen LogP contribution in [0.4, 0.5) is 0 Å². The summed E-state index contributed by atoms with van der Waals surface area (Å²) in [6, 6.07) is 10.6. The van der Waals surface area contributed by atoms with Crippen molar-refractivity contribution < 1.29 is 19.0 Å². The normalized spacial score (nSPS) is 14.9. The Hall–Kier alpha value is -1.93. The van der Waals surface area contributed by atoms with Gasteiger partial charge in [0.15, 0.2) is 11.5 Å². The number of amides is 1. The van der Waals surface area contributed by atoms with E-state index in [0.29, 0.717) is 42.1 Å². The molecule has 1 N–H and O–H groups in total. The molecule has 5 nitrogen and oxygen atoms in total. The molecule has 0 aliphatic carbocycles. The zero-order chi connectivity index (χ0) is 20.1. The van der Waals surface area contributed by atoms with Gasteiger partial charge in [0.25, 0.3) is 5.91 Å². The molecule has 0 bridgehead atoms. The van der Waals surface area contributed by atoms with Gasteiger partial charge in [-0.3, -0.25) is 4.79 Å². The Labute approximate surface area is 181 Å². The Bertz CT molecular complexity index is 950. The smallest absolute Gasteiger partial charge is 0.263 e. The van der Waals surface area contributed by atoms with E-state index in [2.05, 4.69) is 5.32 Å². The molecule has 1 aliphatic heterocycles. The third-order valence-corrected chi connectivity index (χ3v) is 5.37. The van der Waals surface area contributed by atoms with E-state index in [9.17, 15) is 4.79 Å². The minimum absolute atomic E-state index is 0.234. The predicted molar refractivity (Wildman–Crippen MR) is 117 cm³/mol. The summed E-state index contributed by atoms with van der Waals surface area (Å²) in [6.07, 6.45) is 1.69. The Morgan fingerprint density at radius 1 is 1.11 bits per heavy atom. The number of thioether (sulfide) groups is 1. The van der Waals surface area contributed by atoms with E-state index in [4.69, 9.17) is 49.6 Å². The van der Waals surface area contributed by atoms with Crippen LogP contribution in [0.2, 0.25) is 10.0 Å². The fraction of sp³-hybridized carbons (Fsp3) is 0.158. The van der Waals surface area contributed by atoms with Gasteiger partial charge >= 0.3 is 0 Å². The molecule has 0 atom stereocenters. The second-order valence-corrected chi connectivity index (χ2v) is 8.05. The topological polar surface area (TPSA) is 56.8 Å². The molecule has 1 amide bonds. The molecule has 0 saturated carbocycles. The van der Waals surface area contributed by atoms with Gasteiger partial charge in [0.1, 0.15) is 23.3 Å². The van der Waals surface area contributed by atoms with E-state index in [1.54, 1.807) is 30.3 Å². The molecule has 28 heavy (non-hydrogen) atoms. The minimum atomic E-state index is -0.234. The van der Waals surface area contributed by atoms with Crippen LogP contribution >= 0.6 is 47.2 Å². The van der Waals surface area contributed by atoms with E-state index >= 15 is 0 Å². The maximum Gasteiger partial charge on any atom is 0.263 e. The van der Waals surface area contributed by atoms with E-state index in [1.165, 1.54) is 18.9 Å². The van der Waals surface area contributed by atoms with Crippen molar-refractivity contribution in [1.82, 2.24) is 5.32 Å². The third kappa shape index (κ3) is 5.11. The molecule has 3 rings (SSSR count). The highest BCUT2D eigenvalue weighted by Crippen LogP contribution is 2.38. The van der Waals surface area contributed by atoms with Gasteiger partial charge in [-0.1, -0.05) is 59.3 Å². The van der Waals surface area contributed by atoms with Crippen LogP contribution in [0.25, 0.3) is 6.08 Å². The summed E-state index contributed by atoms with van der Waals surface area (Å²) < 4.78 is 17.1. The number of ether oxygens (including phenoxy) is 3. The number of thiocarbonyl (C=S) groups is 1. The number of benzene rings is 2. The number of para-hydroxylation sites is 1. The van der Waals surface area contributed by atoms with Crippen LogP contribution in [0.3, 0.4) is 0 Å². The first kappa shape index (κ1) is 20.8. The number of halogens is 2. The highest BCUT2D eigenvalue weighted by molar-refractivity contribution is 8.26. The minimum Gasteiger partial charge on any atom is -0.493 e. The van der Waals surface area contributed by atoms with Crippen LogP contribution in [-0.2, 0) is 4.79 Å². The molecule has 0 unspecified atom stereocenters. The largest absolute Gasteiger partial charge is 0.493 e. The first-order valence-corrected chi connectivity index (χ1v) is 10.1. The Morgan fingerprint density at radius 2 is 1.86 bits per heavy atom. The maximum absolute atomic E-state index is 11.8. The third-order valence-electron chi connectivity index (χ3n) is 3.62. The van der Waals surface area contributed by atoms with Crippen molar-refractivity contribution in [3.05, 3.63) is 56.9 Å². The number of hydrogen-bond donors (Lipinski definition) is 1. The molecule has 0 aromatic heterocycles. The molecule has 0 spiro atoms. The quantitative estimate of drug-likeness (QED) is 0.362. The first-order chi connectivity index (χ1) is 13.5. The average Bonchev–Trinajstić information content (AvgIpc) is 2.98. The van der Waals surface area contributed by atoms with Gasteiger partial charge in [0.05, 0.1) is 22.1 Å². The average molecular weight is 456 g/mol. The van der Waals surface area contributed by atoms with Crippen LogP contribution in [0.5, 0.6) is 17.2 Å². The summed E-state index contributed by atoms with van der Waals surface area (Å²) in [6.45, 7) is 0.525. The standard InChI is InChI=1S/C19H15Cl2NO4S2/c1-24-15-9-11(10-16-18(23)22-19(27)28-16)8-13(21)17(15)26-7-6-25-14-5-3-2-4-12(14)20/h2-5,8-10H,6-7H2,1H3,(H,22,23,27)/b16-10+. The van der Waals surface area contributed by atoms with Crippen molar-refractivity contribution in [2.24, 2.45) is 0 Å². The zero-order valence-corrected chi connectivity index (χ0v) is 17.8. The Morgan fingerprint density at radius 3 is 2.54 bits per heavy atom. The molecule has 2 aromatic carbocycles. The van der Waals surface area contributed by atoms with Gasteiger partial charge in [-0.05, 0) is 35.9 Å². The number of rotatable bonds is 7. The predicted octanol–water partition coefficient (Wildman–Crippen LogP) is 4.95. The zero-order valence-electron chi connectivity index (χ0n) is 14.7. The number of carbonyl (C=O) groups excluding carboxylic acids is 1. The van der Waals surface area contributed by atoms with Crippen molar-refractivity contribution in [3.63, 3.8) is 0 Å². The van der Waals surface area contributed by atoms with Crippen LogP contribution in [0.1, 0.15) is 5.56 Å². The lowest BCUT2D eigenvalue weighted by Gasteiger charge is -2.14. The SMILES string of the molecule is COc1cc(/C=C2/SC(=S)NC2=O)cc(Cl)c1OCCOc1ccccc1Cl. The van der Waals surface area contributed by atoms with E-state index < -0.39 is 0 Å². The lowest BCUT2D eigenvalue weighted by molar-refractivity contribution is -0.115. The summed E-state index contributed by atoms with van der Waals surface area (Å²) >= 11 is 18.6. The van der Waals surface area contributed by atoms with Gasteiger partial charge in [-0.15, -0.1) is 0 Å². The van der Waals surface area contributed by atoms with Crippen LogP contribution in [0, 0.1) is 0 Å². The molecular weight excluding hydrogens is 441 g/mol. The van der Waals surface area contributed by atoms with Crippen molar-refractivity contribution in [2.75, 3.05) is 20.3 Å². The Balaban J connectivity index is 1.68. The molecule has 1 fully saturated rings. The molecule has 0 radical (unpaired) electrons. The van der Waals surface area contributed by atoms with Crippen LogP contribution in [0.15, 0.2) is 41.3 Å². The van der Waals surface area contributed by atoms with Gasteiger partial charge < -0.3 is 19.5 Å². The van der Waals surface area contributed by atoms with Crippen molar-refractivity contribution in [1.29, 1.82) is 0 Å². The second kappa shape index (κ2) is 9.52. The summed E-state index contributed by atoms with van der Waals surface area (Å²) in [7, 11) is 1.52. The van der Waals surface area contributed by atoms with E-state index in [0.717, 1.165) is 0 Å². The van der Waals surface area contributed by atoms with Crippen LogP contribution in [-0.4, -0.2) is 30.6 Å². The summed E-state index contributed by atoms with van der Waals surface area (Å²) in [5, 5.41) is 3.46. The van der Waals surface area contributed by atoms with Gasteiger partial charge in [-0.2, -0.15) is 0 Å². The van der Waals surface area contributed by atoms with E-state index in [-0.39, 0.29) is 19.1 Å². The van der Waals surface area contributed by atoms with Crippen molar-refractivity contribution in [2.45, 2.75) is 0 Å². The molecule has 146 valence electrons. The Kier molecular flexibility index (Phi) is 7.07. The van der Waals surface area contributed by atoms with E-state index in [1.807, 2.05) is 12.1 Å². The number of nitrogens with one attached hydrogen (secondary N) is 1. The number of carbonyl (C=O) groups is 1.